The Labute approximate surface area is 149 Å². The lowest BCUT2D eigenvalue weighted by Gasteiger charge is -2.26. The Morgan fingerprint density at radius 2 is 1.64 bits per heavy atom. The largest absolute Gasteiger partial charge is 0.379 e. The van der Waals surface area contributed by atoms with Crippen LogP contribution in [0.5, 0.6) is 0 Å². The van der Waals surface area contributed by atoms with Crippen molar-refractivity contribution in [2.45, 2.75) is 44.6 Å². The minimum Gasteiger partial charge on any atom is -0.379 e. The maximum Gasteiger partial charge on any atom is 0.222 e. The number of nitrogens with two attached hydrogens (primary N) is 1. The van der Waals surface area contributed by atoms with Gasteiger partial charge in [-0.1, -0.05) is 0 Å². The zero-order valence-electron chi connectivity index (χ0n) is 14.8. The fourth-order valence-electron chi connectivity index (χ4n) is 2.67. The summed E-state index contributed by atoms with van der Waals surface area (Å²) in [4.78, 5) is 33.6. The third-order valence-electron chi connectivity index (χ3n) is 4.11. The maximum absolute atomic E-state index is 11.8. The lowest BCUT2D eigenvalue weighted by atomic mass is 9.87. The molecule has 8 heteroatoms. The fourth-order valence-corrected chi connectivity index (χ4v) is 2.67. The van der Waals surface area contributed by atoms with Crippen LogP contribution in [0.4, 0.5) is 0 Å². The number of hydrogen-bond acceptors (Lipinski definition) is 6. The van der Waals surface area contributed by atoms with Gasteiger partial charge in [0.2, 0.25) is 11.8 Å². The molecule has 1 fully saturated rings. The van der Waals surface area contributed by atoms with Crippen LogP contribution in [0, 0.1) is 5.92 Å². The number of ether oxygens (including phenoxy) is 2. The van der Waals surface area contributed by atoms with Gasteiger partial charge in [0.1, 0.15) is 6.29 Å². The van der Waals surface area contributed by atoms with Crippen molar-refractivity contribution in [2.24, 2.45) is 11.7 Å². The molecule has 0 saturated heterocycles. The predicted molar refractivity (Wildman–Crippen MR) is 92.9 cm³/mol. The van der Waals surface area contributed by atoms with Crippen molar-refractivity contribution >= 4 is 18.1 Å². The SMILES string of the molecule is NCCC(=O)NCCOCCOCCC(=O)NC1CCC(C=O)CC1. The van der Waals surface area contributed by atoms with Crippen LogP contribution in [0.1, 0.15) is 38.5 Å². The van der Waals surface area contributed by atoms with Gasteiger partial charge in [-0.3, -0.25) is 9.59 Å². The summed E-state index contributed by atoms with van der Waals surface area (Å²) in [6.45, 7) is 2.40. The van der Waals surface area contributed by atoms with E-state index in [1.54, 1.807) is 0 Å². The standard InChI is InChI=1S/C17H31N3O5/c18-7-5-16(22)19-8-10-25-12-11-24-9-6-17(23)20-15-3-1-14(13-21)2-4-15/h13-15H,1-12,18H2,(H,19,22)(H,20,23). The molecular formula is C17H31N3O5. The quantitative estimate of drug-likeness (QED) is 0.309. The molecule has 0 bridgehead atoms. The molecule has 25 heavy (non-hydrogen) atoms. The van der Waals surface area contributed by atoms with Crippen molar-refractivity contribution < 1.29 is 23.9 Å². The van der Waals surface area contributed by atoms with Crippen LogP contribution in [-0.2, 0) is 23.9 Å². The first-order valence-corrected chi connectivity index (χ1v) is 9.02. The van der Waals surface area contributed by atoms with Crippen LogP contribution in [0.25, 0.3) is 0 Å². The molecule has 0 atom stereocenters. The molecule has 0 spiro atoms. The number of carbonyl (C=O) groups excluding carboxylic acids is 3. The molecule has 1 rings (SSSR count). The molecule has 8 nitrogen and oxygen atoms in total. The van der Waals surface area contributed by atoms with Crippen molar-refractivity contribution in [1.82, 2.24) is 10.6 Å². The zero-order valence-corrected chi connectivity index (χ0v) is 14.8. The monoisotopic (exact) mass is 357 g/mol. The van der Waals surface area contributed by atoms with E-state index >= 15 is 0 Å². The van der Waals surface area contributed by atoms with Gasteiger partial charge in [0, 0.05) is 37.9 Å². The first kappa shape index (κ1) is 21.5. The second-order valence-electron chi connectivity index (χ2n) is 6.18. The second-order valence-corrected chi connectivity index (χ2v) is 6.18. The minimum absolute atomic E-state index is 0.0157. The highest BCUT2D eigenvalue weighted by molar-refractivity contribution is 5.76. The van der Waals surface area contributed by atoms with Crippen LogP contribution in [0.3, 0.4) is 0 Å². The predicted octanol–water partition coefficient (Wildman–Crippen LogP) is -0.251. The average Bonchev–Trinajstić information content (AvgIpc) is 2.61. The first-order chi connectivity index (χ1) is 12.2. The normalized spacial score (nSPS) is 20.0. The molecule has 0 heterocycles. The summed E-state index contributed by atoms with van der Waals surface area (Å²) in [6.07, 6.45) is 5.11. The number of nitrogens with one attached hydrogen (secondary N) is 2. The molecule has 0 aliphatic heterocycles. The van der Waals surface area contributed by atoms with E-state index < -0.39 is 0 Å². The van der Waals surface area contributed by atoms with Gasteiger partial charge in [-0.25, -0.2) is 0 Å². The number of hydrogen-bond donors (Lipinski definition) is 3. The smallest absolute Gasteiger partial charge is 0.222 e. The summed E-state index contributed by atoms with van der Waals surface area (Å²) in [6, 6.07) is 0.182. The molecule has 0 aromatic heterocycles. The van der Waals surface area contributed by atoms with E-state index in [9.17, 15) is 14.4 Å². The van der Waals surface area contributed by atoms with E-state index in [2.05, 4.69) is 10.6 Å². The van der Waals surface area contributed by atoms with Gasteiger partial charge in [-0.2, -0.15) is 0 Å². The Morgan fingerprint density at radius 3 is 2.28 bits per heavy atom. The average molecular weight is 357 g/mol. The summed E-state index contributed by atoms with van der Waals surface area (Å²) in [5.74, 6) is 0.0663. The Bertz CT molecular complexity index is 398. The molecular weight excluding hydrogens is 326 g/mol. The van der Waals surface area contributed by atoms with E-state index in [0.717, 1.165) is 32.0 Å². The van der Waals surface area contributed by atoms with E-state index in [4.69, 9.17) is 15.2 Å². The van der Waals surface area contributed by atoms with Gasteiger partial charge in [-0.15, -0.1) is 0 Å². The maximum atomic E-state index is 11.8. The first-order valence-electron chi connectivity index (χ1n) is 9.02. The second kappa shape index (κ2) is 13.7. The Hall–Kier alpha value is -1.51. The Morgan fingerprint density at radius 1 is 0.960 bits per heavy atom. The molecule has 1 aliphatic carbocycles. The number of amides is 2. The van der Waals surface area contributed by atoms with Gasteiger partial charge in [-0.05, 0) is 25.7 Å². The van der Waals surface area contributed by atoms with Crippen molar-refractivity contribution in [1.29, 1.82) is 0 Å². The lowest BCUT2D eigenvalue weighted by molar-refractivity contribution is -0.123. The third-order valence-corrected chi connectivity index (χ3v) is 4.11. The summed E-state index contributed by atoms with van der Waals surface area (Å²) < 4.78 is 10.7. The summed E-state index contributed by atoms with van der Waals surface area (Å²) >= 11 is 0. The molecule has 2 amide bonds. The van der Waals surface area contributed by atoms with Crippen LogP contribution < -0.4 is 16.4 Å². The zero-order chi connectivity index (χ0) is 18.3. The van der Waals surface area contributed by atoms with E-state index in [1.165, 1.54) is 0 Å². The van der Waals surface area contributed by atoms with E-state index in [1.807, 2.05) is 0 Å². The topological polar surface area (TPSA) is 120 Å². The molecule has 0 radical (unpaired) electrons. The van der Waals surface area contributed by atoms with Gasteiger partial charge < -0.3 is 30.6 Å². The lowest BCUT2D eigenvalue weighted by Crippen LogP contribution is -2.38. The van der Waals surface area contributed by atoms with Crippen molar-refractivity contribution in [3.63, 3.8) is 0 Å². The fraction of sp³-hybridized carbons (Fsp3) is 0.824. The Kier molecular flexibility index (Phi) is 11.8. The molecule has 4 N–H and O–H groups in total. The van der Waals surface area contributed by atoms with Crippen LogP contribution in [0.2, 0.25) is 0 Å². The molecule has 1 aliphatic rings. The summed E-state index contributed by atoms with van der Waals surface area (Å²) in [7, 11) is 0. The highest BCUT2D eigenvalue weighted by Gasteiger charge is 2.21. The molecule has 0 aromatic carbocycles. The van der Waals surface area contributed by atoms with Crippen LogP contribution in [0.15, 0.2) is 0 Å². The molecule has 0 unspecified atom stereocenters. The molecule has 144 valence electrons. The van der Waals surface area contributed by atoms with Gasteiger partial charge in [0.15, 0.2) is 0 Å². The van der Waals surface area contributed by atoms with Gasteiger partial charge in [0.25, 0.3) is 0 Å². The highest BCUT2D eigenvalue weighted by Crippen LogP contribution is 2.22. The third kappa shape index (κ3) is 10.9. The van der Waals surface area contributed by atoms with E-state index in [-0.39, 0.29) is 23.8 Å². The Balaban J connectivity index is 1.88. The number of carbonyl (C=O) groups is 3. The van der Waals surface area contributed by atoms with Gasteiger partial charge in [0.05, 0.1) is 26.4 Å². The van der Waals surface area contributed by atoms with Crippen LogP contribution >= 0.6 is 0 Å². The number of rotatable bonds is 13. The van der Waals surface area contributed by atoms with Crippen molar-refractivity contribution in [3.05, 3.63) is 0 Å². The van der Waals surface area contributed by atoms with Gasteiger partial charge >= 0.3 is 0 Å². The van der Waals surface area contributed by atoms with E-state index in [0.29, 0.717) is 52.4 Å². The number of aldehydes is 1. The van der Waals surface area contributed by atoms with Crippen LogP contribution in [-0.4, -0.2) is 63.7 Å². The van der Waals surface area contributed by atoms with Crippen molar-refractivity contribution in [2.75, 3.05) is 39.5 Å². The molecule has 1 saturated carbocycles. The minimum atomic E-state index is -0.0759. The molecule has 0 aromatic rings. The highest BCUT2D eigenvalue weighted by atomic mass is 16.5. The summed E-state index contributed by atoms with van der Waals surface area (Å²) in [5, 5.41) is 5.68. The summed E-state index contributed by atoms with van der Waals surface area (Å²) in [5.41, 5.74) is 5.26. The van der Waals surface area contributed by atoms with Crippen molar-refractivity contribution in [3.8, 4) is 0 Å².